The second-order valence-corrected chi connectivity index (χ2v) is 11.1. The summed E-state index contributed by atoms with van der Waals surface area (Å²) in [7, 11) is -1.36. The van der Waals surface area contributed by atoms with Gasteiger partial charge >= 0.3 is 0 Å². The number of hydrogen-bond acceptors (Lipinski definition) is 6. The lowest BCUT2D eigenvalue weighted by molar-refractivity contribution is -0.146. The Morgan fingerprint density at radius 1 is 0.949 bits per heavy atom. The lowest BCUT2D eigenvalue weighted by atomic mass is 9.92. The molecule has 0 aromatic heterocycles. The van der Waals surface area contributed by atoms with Gasteiger partial charge in [-0.2, -0.15) is 0 Å². The molecule has 0 aliphatic carbocycles. The Kier molecular flexibility index (Phi) is 12.2. The van der Waals surface area contributed by atoms with Gasteiger partial charge in [-0.05, 0) is 74.6 Å². The Hall–Kier alpha value is -2.95. The van der Waals surface area contributed by atoms with E-state index >= 15 is 0 Å². The van der Waals surface area contributed by atoms with Crippen LogP contribution in [0.25, 0.3) is 0 Å². The molecule has 3 N–H and O–H groups in total. The molecule has 1 aliphatic rings. The highest BCUT2D eigenvalue weighted by atomic mass is 32.2. The molecule has 2 aromatic carbocycles. The minimum Gasteiger partial charge on any atom is -0.494 e. The van der Waals surface area contributed by atoms with Gasteiger partial charge in [-0.1, -0.05) is 25.5 Å². The van der Waals surface area contributed by atoms with Crippen molar-refractivity contribution >= 4 is 22.8 Å². The summed E-state index contributed by atoms with van der Waals surface area (Å²) in [5.41, 5.74) is 6.45. The number of unbranched alkanes of at least 4 members (excludes halogenated alkanes) is 1. The number of ether oxygens (including phenoxy) is 2. The van der Waals surface area contributed by atoms with Crippen molar-refractivity contribution in [2.75, 3.05) is 39.4 Å². The van der Waals surface area contributed by atoms with E-state index in [1.807, 2.05) is 47.6 Å². The highest BCUT2D eigenvalue weighted by Gasteiger charge is 2.35. The minimum atomic E-state index is -1.55. The largest absolute Gasteiger partial charge is 0.494 e. The van der Waals surface area contributed by atoms with Gasteiger partial charge in [0.05, 0.1) is 24.0 Å². The quantitative estimate of drug-likeness (QED) is 0.324. The topological polar surface area (TPSA) is 122 Å². The van der Waals surface area contributed by atoms with Crippen molar-refractivity contribution in [2.24, 2.45) is 11.7 Å². The molecule has 1 aliphatic heterocycles. The second kappa shape index (κ2) is 15.6. The molecule has 214 valence electrons. The maximum absolute atomic E-state index is 13.3. The van der Waals surface area contributed by atoms with Crippen LogP contribution in [0.1, 0.15) is 45.1 Å². The lowest BCUT2D eigenvalue weighted by Gasteiger charge is -2.36. The molecule has 0 radical (unpaired) electrons. The van der Waals surface area contributed by atoms with Crippen LogP contribution in [0.4, 0.5) is 0 Å². The Balaban J connectivity index is 1.53. The summed E-state index contributed by atoms with van der Waals surface area (Å²) in [5, 5.41) is 10.5. The Morgan fingerprint density at radius 2 is 1.56 bits per heavy atom. The number of nitrogens with zero attached hydrogens (tertiary/aromatic N) is 2. The van der Waals surface area contributed by atoms with E-state index in [2.05, 4.69) is 6.92 Å². The lowest BCUT2D eigenvalue weighted by Crippen LogP contribution is -2.53. The molecule has 3 unspecified atom stereocenters. The van der Waals surface area contributed by atoms with E-state index in [1.165, 1.54) is 0 Å². The first-order chi connectivity index (χ1) is 18.8. The zero-order chi connectivity index (χ0) is 28.2. The van der Waals surface area contributed by atoms with Gasteiger partial charge in [0.1, 0.15) is 28.6 Å². The molecule has 0 saturated carbocycles. The summed E-state index contributed by atoms with van der Waals surface area (Å²) in [5.74, 6) is -0.570. The third kappa shape index (κ3) is 9.05. The molecule has 9 nitrogen and oxygen atoms in total. The summed E-state index contributed by atoms with van der Waals surface area (Å²) < 4.78 is 26.1. The smallest absolute Gasteiger partial charge is 0.247 e. The third-order valence-corrected chi connectivity index (χ3v) is 8.29. The summed E-state index contributed by atoms with van der Waals surface area (Å²) in [4.78, 5) is 27.4. The van der Waals surface area contributed by atoms with Crippen molar-refractivity contribution in [3.05, 3.63) is 54.1 Å². The SMILES string of the molecule is CCCCOc1ccc(S(=O)N2CCN(C(=O)C(CCCc3ccc(OCC)cc3)C(O)C(N)=O)CC2)cc1. The fourth-order valence-corrected chi connectivity index (χ4v) is 5.67. The fraction of sp³-hybridized carbons (Fsp3) is 0.517. The highest BCUT2D eigenvalue weighted by Crippen LogP contribution is 2.22. The van der Waals surface area contributed by atoms with Crippen molar-refractivity contribution < 1.29 is 28.4 Å². The monoisotopic (exact) mass is 559 g/mol. The molecule has 0 spiro atoms. The van der Waals surface area contributed by atoms with Crippen LogP contribution in [0.3, 0.4) is 0 Å². The number of primary amides is 1. The van der Waals surface area contributed by atoms with Gasteiger partial charge in [0.15, 0.2) is 0 Å². The van der Waals surface area contributed by atoms with Gasteiger partial charge < -0.3 is 25.2 Å². The van der Waals surface area contributed by atoms with Crippen LogP contribution < -0.4 is 15.2 Å². The molecule has 3 atom stereocenters. The number of carbonyl (C=O) groups is 2. The van der Waals surface area contributed by atoms with E-state index < -0.39 is 28.9 Å². The van der Waals surface area contributed by atoms with E-state index in [0.29, 0.717) is 63.6 Å². The van der Waals surface area contributed by atoms with Crippen LogP contribution >= 0.6 is 0 Å². The molecule has 2 amide bonds. The van der Waals surface area contributed by atoms with Crippen molar-refractivity contribution in [3.8, 4) is 11.5 Å². The molecule has 1 fully saturated rings. The zero-order valence-electron chi connectivity index (χ0n) is 22.9. The van der Waals surface area contributed by atoms with Gasteiger partial charge in [-0.15, -0.1) is 0 Å². The normalized spacial score (nSPS) is 16.3. The number of amides is 2. The molecular weight excluding hydrogens is 518 g/mol. The van der Waals surface area contributed by atoms with Crippen LogP contribution in [-0.2, 0) is 27.0 Å². The van der Waals surface area contributed by atoms with E-state index in [4.69, 9.17) is 15.2 Å². The maximum atomic E-state index is 13.3. The molecule has 2 aromatic rings. The third-order valence-electron chi connectivity index (χ3n) is 6.78. The van der Waals surface area contributed by atoms with Crippen LogP contribution in [0.5, 0.6) is 11.5 Å². The first-order valence-electron chi connectivity index (χ1n) is 13.7. The molecule has 3 rings (SSSR count). The second-order valence-electron chi connectivity index (χ2n) is 9.60. The number of hydrogen-bond donors (Lipinski definition) is 2. The van der Waals surface area contributed by atoms with Gasteiger partial charge in [-0.25, -0.2) is 8.51 Å². The zero-order valence-corrected chi connectivity index (χ0v) is 23.7. The Morgan fingerprint density at radius 3 is 2.15 bits per heavy atom. The molecule has 10 heteroatoms. The molecule has 1 saturated heterocycles. The number of piperazine rings is 1. The number of aliphatic hydroxyl groups is 1. The van der Waals surface area contributed by atoms with Gasteiger partial charge in [0.2, 0.25) is 11.8 Å². The molecule has 1 heterocycles. The standard InChI is InChI=1S/C29H41N3O6S/c1-3-5-21-38-24-13-15-25(16-14-24)39(36)32-19-17-31(18-20-32)29(35)26(27(33)28(30)34)8-6-7-22-9-11-23(12-10-22)37-4-2/h9-16,26-27,33H,3-8,17-21H2,1-2H3,(H2,30,34). The average molecular weight is 560 g/mol. The summed E-state index contributed by atoms with van der Waals surface area (Å²) >= 11 is 0. The van der Waals surface area contributed by atoms with E-state index in [0.717, 1.165) is 29.9 Å². The molecule has 0 bridgehead atoms. The number of aryl methyl sites for hydroxylation is 1. The number of rotatable bonds is 15. The molecular formula is C29H41N3O6S. The van der Waals surface area contributed by atoms with Crippen LogP contribution in [-0.4, -0.2) is 75.8 Å². The first-order valence-corrected chi connectivity index (χ1v) is 14.8. The highest BCUT2D eigenvalue weighted by molar-refractivity contribution is 7.82. The van der Waals surface area contributed by atoms with Crippen LogP contribution in [0.2, 0.25) is 0 Å². The van der Waals surface area contributed by atoms with Crippen molar-refractivity contribution in [1.82, 2.24) is 9.21 Å². The summed E-state index contributed by atoms with van der Waals surface area (Å²) in [6.07, 6.45) is 2.12. The number of nitrogens with two attached hydrogens (primary N) is 1. The van der Waals surface area contributed by atoms with Crippen LogP contribution in [0.15, 0.2) is 53.4 Å². The minimum absolute atomic E-state index is 0.299. The predicted octanol–water partition coefficient (Wildman–Crippen LogP) is 2.92. The predicted molar refractivity (Wildman–Crippen MR) is 151 cm³/mol. The van der Waals surface area contributed by atoms with E-state index in [1.54, 1.807) is 17.0 Å². The Labute approximate surface area is 233 Å². The maximum Gasteiger partial charge on any atom is 0.247 e. The van der Waals surface area contributed by atoms with Crippen molar-refractivity contribution in [2.45, 2.75) is 57.0 Å². The number of aliphatic hydroxyl groups excluding tert-OH is 1. The summed E-state index contributed by atoms with van der Waals surface area (Å²) in [6, 6.07) is 15.0. The van der Waals surface area contributed by atoms with E-state index in [-0.39, 0.29) is 5.91 Å². The number of benzene rings is 2. The molecule has 39 heavy (non-hydrogen) atoms. The van der Waals surface area contributed by atoms with Gasteiger partial charge in [0, 0.05) is 26.2 Å². The van der Waals surface area contributed by atoms with E-state index in [9.17, 15) is 18.9 Å². The van der Waals surface area contributed by atoms with Gasteiger partial charge in [0.25, 0.3) is 0 Å². The first kappa shape index (κ1) is 30.6. The average Bonchev–Trinajstić information content (AvgIpc) is 2.96. The van der Waals surface area contributed by atoms with Crippen molar-refractivity contribution in [3.63, 3.8) is 0 Å². The fourth-order valence-electron chi connectivity index (χ4n) is 4.50. The van der Waals surface area contributed by atoms with Crippen molar-refractivity contribution in [1.29, 1.82) is 0 Å². The number of carbonyl (C=O) groups excluding carboxylic acids is 2. The Bertz CT molecular complexity index is 1070. The van der Waals surface area contributed by atoms with Gasteiger partial charge in [-0.3, -0.25) is 9.59 Å². The van der Waals surface area contributed by atoms with Crippen LogP contribution in [0, 0.1) is 5.92 Å². The summed E-state index contributed by atoms with van der Waals surface area (Å²) in [6.45, 7) is 6.82.